The maximum Gasteiger partial charge on any atom is 0.248 e. The van der Waals surface area contributed by atoms with Crippen molar-refractivity contribution in [3.63, 3.8) is 0 Å². The van der Waals surface area contributed by atoms with E-state index in [4.69, 9.17) is 10.3 Å². The van der Waals surface area contributed by atoms with Gasteiger partial charge in [-0.25, -0.2) is 4.68 Å². The molecule has 0 aliphatic heterocycles. The first-order valence-electron chi connectivity index (χ1n) is 4.17. The number of aromatic nitrogens is 5. The molecule has 0 bridgehead atoms. The van der Waals surface area contributed by atoms with Crippen LogP contribution in [0.15, 0.2) is 17.0 Å². The average Bonchev–Trinajstić information content (AvgIpc) is 2.75. The Kier molecular flexibility index (Phi) is 2.23. The molecular formula is C7H10N6O. The molecule has 2 aromatic rings. The lowest BCUT2D eigenvalue weighted by Crippen LogP contribution is -2.05. The Morgan fingerprint density at radius 1 is 1.64 bits per heavy atom. The molecule has 0 aliphatic rings. The fraction of sp³-hybridized carbons (Fsp3) is 0.429. The first kappa shape index (κ1) is 8.82. The Labute approximate surface area is 79.9 Å². The molecule has 1 atom stereocenters. The lowest BCUT2D eigenvalue weighted by atomic mass is 10.3. The number of nitrogens with two attached hydrogens (primary N) is 1. The van der Waals surface area contributed by atoms with Crippen molar-refractivity contribution < 1.29 is 4.52 Å². The molecule has 0 fully saturated rings. The Hall–Kier alpha value is -1.76. The molecule has 1 unspecified atom stereocenters. The molecule has 2 aromatic heterocycles. The Morgan fingerprint density at radius 2 is 2.50 bits per heavy atom. The molecule has 0 saturated heterocycles. The van der Waals surface area contributed by atoms with Crippen LogP contribution in [-0.2, 0) is 6.54 Å². The number of hydrogen-bond donors (Lipinski definition) is 1. The topological polar surface area (TPSA) is 95.7 Å². The van der Waals surface area contributed by atoms with Gasteiger partial charge in [-0.2, -0.15) is 4.98 Å². The Balaban J connectivity index is 2.11. The SMILES string of the molecule is CC(N)c1cn(Cc2ncno2)nn1. The summed E-state index contributed by atoms with van der Waals surface area (Å²) in [6.45, 7) is 2.26. The van der Waals surface area contributed by atoms with Crippen LogP contribution in [0.1, 0.15) is 24.6 Å². The molecular weight excluding hydrogens is 184 g/mol. The van der Waals surface area contributed by atoms with Crippen molar-refractivity contribution in [1.29, 1.82) is 0 Å². The van der Waals surface area contributed by atoms with E-state index in [1.807, 2.05) is 6.92 Å². The van der Waals surface area contributed by atoms with Crippen LogP contribution in [0, 0.1) is 0 Å². The Bertz CT molecular complexity index is 392. The molecule has 0 radical (unpaired) electrons. The van der Waals surface area contributed by atoms with Gasteiger partial charge >= 0.3 is 0 Å². The molecule has 0 amide bonds. The largest absolute Gasteiger partial charge is 0.338 e. The van der Waals surface area contributed by atoms with Gasteiger partial charge in [-0.3, -0.25) is 0 Å². The molecule has 2 N–H and O–H groups in total. The minimum atomic E-state index is -0.119. The third-order valence-electron chi connectivity index (χ3n) is 1.73. The van der Waals surface area contributed by atoms with Crippen LogP contribution in [0.5, 0.6) is 0 Å². The highest BCUT2D eigenvalue weighted by Crippen LogP contribution is 2.04. The molecule has 7 nitrogen and oxygen atoms in total. The number of nitrogens with zero attached hydrogens (tertiary/aromatic N) is 5. The van der Waals surface area contributed by atoms with Gasteiger partial charge < -0.3 is 10.3 Å². The van der Waals surface area contributed by atoms with Crippen LogP contribution in [0.2, 0.25) is 0 Å². The lowest BCUT2D eigenvalue weighted by Gasteiger charge is -1.95. The fourth-order valence-electron chi connectivity index (χ4n) is 1.00. The number of hydrogen-bond acceptors (Lipinski definition) is 6. The standard InChI is InChI=1S/C7H10N6O/c1-5(8)6-2-13(12-11-6)3-7-9-4-10-14-7/h2,4-5H,3,8H2,1H3. The van der Waals surface area contributed by atoms with E-state index in [1.165, 1.54) is 6.33 Å². The summed E-state index contributed by atoms with van der Waals surface area (Å²) in [6.07, 6.45) is 3.10. The quantitative estimate of drug-likeness (QED) is 0.722. The highest BCUT2D eigenvalue weighted by Gasteiger charge is 2.07. The predicted molar refractivity (Wildman–Crippen MR) is 46.0 cm³/mol. The summed E-state index contributed by atoms with van der Waals surface area (Å²) in [4.78, 5) is 3.87. The summed E-state index contributed by atoms with van der Waals surface area (Å²) in [5.74, 6) is 0.492. The van der Waals surface area contributed by atoms with Crippen LogP contribution >= 0.6 is 0 Å². The normalized spacial score (nSPS) is 13.0. The van der Waals surface area contributed by atoms with E-state index in [0.29, 0.717) is 12.4 Å². The van der Waals surface area contributed by atoms with Gasteiger partial charge in [-0.15, -0.1) is 5.10 Å². The molecule has 2 heterocycles. The fourth-order valence-corrected chi connectivity index (χ4v) is 1.00. The average molecular weight is 194 g/mol. The maximum atomic E-state index is 5.63. The monoisotopic (exact) mass is 194 g/mol. The molecule has 0 saturated carbocycles. The summed E-state index contributed by atoms with van der Waals surface area (Å²) in [5, 5.41) is 11.3. The smallest absolute Gasteiger partial charge is 0.248 e. The minimum Gasteiger partial charge on any atom is -0.338 e. The van der Waals surface area contributed by atoms with Crippen molar-refractivity contribution in [2.45, 2.75) is 19.5 Å². The maximum absolute atomic E-state index is 5.63. The Morgan fingerprint density at radius 3 is 3.07 bits per heavy atom. The third-order valence-corrected chi connectivity index (χ3v) is 1.73. The summed E-state index contributed by atoms with van der Waals surface area (Å²) in [6, 6.07) is -0.119. The lowest BCUT2D eigenvalue weighted by molar-refractivity contribution is 0.363. The van der Waals surface area contributed by atoms with Crippen LogP contribution in [-0.4, -0.2) is 25.1 Å². The number of rotatable bonds is 3. The van der Waals surface area contributed by atoms with Crippen LogP contribution < -0.4 is 5.73 Å². The van der Waals surface area contributed by atoms with Crippen molar-refractivity contribution in [2.75, 3.05) is 0 Å². The minimum absolute atomic E-state index is 0.119. The molecule has 0 aliphatic carbocycles. The van der Waals surface area contributed by atoms with E-state index in [1.54, 1.807) is 10.9 Å². The highest BCUT2D eigenvalue weighted by molar-refractivity contribution is 4.98. The highest BCUT2D eigenvalue weighted by atomic mass is 16.5. The van der Waals surface area contributed by atoms with Gasteiger partial charge in [-0.1, -0.05) is 10.4 Å². The summed E-state index contributed by atoms with van der Waals surface area (Å²) < 4.78 is 6.43. The molecule has 7 heteroatoms. The van der Waals surface area contributed by atoms with E-state index in [9.17, 15) is 0 Å². The van der Waals surface area contributed by atoms with E-state index in [-0.39, 0.29) is 6.04 Å². The van der Waals surface area contributed by atoms with Crippen molar-refractivity contribution in [2.24, 2.45) is 5.73 Å². The first-order valence-corrected chi connectivity index (χ1v) is 4.17. The molecule has 74 valence electrons. The zero-order valence-electron chi connectivity index (χ0n) is 7.66. The van der Waals surface area contributed by atoms with Crippen LogP contribution in [0.3, 0.4) is 0 Å². The van der Waals surface area contributed by atoms with Crippen LogP contribution in [0.4, 0.5) is 0 Å². The third kappa shape index (κ3) is 1.77. The van der Waals surface area contributed by atoms with Gasteiger partial charge in [0.2, 0.25) is 5.89 Å². The van der Waals surface area contributed by atoms with E-state index in [2.05, 4.69) is 20.5 Å². The van der Waals surface area contributed by atoms with Gasteiger partial charge in [0.1, 0.15) is 6.54 Å². The van der Waals surface area contributed by atoms with E-state index < -0.39 is 0 Å². The van der Waals surface area contributed by atoms with Gasteiger partial charge in [0.25, 0.3) is 0 Å². The van der Waals surface area contributed by atoms with Gasteiger partial charge in [0, 0.05) is 6.04 Å². The molecule has 0 spiro atoms. The molecule has 2 rings (SSSR count). The van der Waals surface area contributed by atoms with Gasteiger partial charge in [0.15, 0.2) is 6.33 Å². The second kappa shape index (κ2) is 3.54. The van der Waals surface area contributed by atoms with Gasteiger partial charge in [0.05, 0.1) is 11.9 Å². The second-order valence-electron chi connectivity index (χ2n) is 2.96. The van der Waals surface area contributed by atoms with Gasteiger partial charge in [-0.05, 0) is 6.92 Å². The van der Waals surface area contributed by atoms with Crippen LogP contribution in [0.25, 0.3) is 0 Å². The zero-order valence-corrected chi connectivity index (χ0v) is 7.66. The second-order valence-corrected chi connectivity index (χ2v) is 2.96. The summed E-state index contributed by atoms with van der Waals surface area (Å²) >= 11 is 0. The first-order chi connectivity index (χ1) is 6.75. The summed E-state index contributed by atoms with van der Waals surface area (Å²) in [7, 11) is 0. The van der Waals surface area contributed by atoms with Crippen molar-refractivity contribution >= 4 is 0 Å². The van der Waals surface area contributed by atoms with E-state index >= 15 is 0 Å². The van der Waals surface area contributed by atoms with Crippen molar-refractivity contribution in [3.05, 3.63) is 24.1 Å². The molecule has 0 aromatic carbocycles. The van der Waals surface area contributed by atoms with E-state index in [0.717, 1.165) is 5.69 Å². The predicted octanol–water partition coefficient (Wildman–Crippen LogP) is -0.271. The molecule has 14 heavy (non-hydrogen) atoms. The van der Waals surface area contributed by atoms with Crippen molar-refractivity contribution in [1.82, 2.24) is 25.1 Å². The zero-order chi connectivity index (χ0) is 9.97. The summed E-state index contributed by atoms with van der Waals surface area (Å²) in [5.41, 5.74) is 6.37. The van der Waals surface area contributed by atoms with Crippen molar-refractivity contribution in [3.8, 4) is 0 Å².